The Morgan fingerprint density at radius 3 is 2.38 bits per heavy atom. The van der Waals surface area contributed by atoms with E-state index >= 15 is 0 Å². The Morgan fingerprint density at radius 2 is 1.85 bits per heavy atom. The highest BCUT2D eigenvalue weighted by molar-refractivity contribution is 14.0. The number of benzene rings is 1. The highest BCUT2D eigenvalue weighted by Gasteiger charge is 2.26. The number of nitrogens with one attached hydrogen (secondary N) is 2. The van der Waals surface area contributed by atoms with Crippen molar-refractivity contribution in [3.8, 4) is 0 Å². The van der Waals surface area contributed by atoms with Gasteiger partial charge in [-0.3, -0.25) is 0 Å². The van der Waals surface area contributed by atoms with E-state index in [4.69, 9.17) is 0 Å². The lowest BCUT2D eigenvalue weighted by Gasteiger charge is -2.13. The molecular weight excluding hydrogens is 489 g/mol. The van der Waals surface area contributed by atoms with Gasteiger partial charge in [-0.05, 0) is 30.2 Å². The first-order chi connectivity index (χ1) is 11.5. The SMILES string of the molecule is CCNC(=NCc1cc(F)ccc1CS(C)(=O)=O)NCCC(F)(F)F.I. The Hall–Kier alpha value is -1.11. The molecule has 0 amide bonds. The van der Waals surface area contributed by atoms with Crippen LogP contribution in [-0.2, 0) is 22.1 Å². The molecule has 0 aliphatic heterocycles. The topological polar surface area (TPSA) is 70.6 Å². The molecule has 0 fully saturated rings. The molecule has 0 atom stereocenters. The minimum absolute atomic E-state index is 0. The summed E-state index contributed by atoms with van der Waals surface area (Å²) in [6, 6.07) is 3.69. The third kappa shape index (κ3) is 10.8. The van der Waals surface area contributed by atoms with Gasteiger partial charge in [-0.15, -0.1) is 24.0 Å². The molecule has 0 saturated heterocycles. The number of hydrogen-bond donors (Lipinski definition) is 2. The van der Waals surface area contributed by atoms with Gasteiger partial charge in [-0.1, -0.05) is 6.07 Å². The number of rotatable bonds is 7. The van der Waals surface area contributed by atoms with Crippen molar-refractivity contribution < 1.29 is 26.0 Å². The zero-order valence-corrected chi connectivity index (χ0v) is 17.5. The van der Waals surface area contributed by atoms with Gasteiger partial charge in [0.1, 0.15) is 5.82 Å². The van der Waals surface area contributed by atoms with Crippen molar-refractivity contribution in [3.05, 3.63) is 35.1 Å². The van der Waals surface area contributed by atoms with Crippen LogP contribution in [0.3, 0.4) is 0 Å². The minimum atomic E-state index is -4.28. The first-order valence-electron chi connectivity index (χ1n) is 7.54. The molecule has 0 radical (unpaired) electrons. The van der Waals surface area contributed by atoms with E-state index in [1.54, 1.807) is 6.92 Å². The van der Waals surface area contributed by atoms with Crippen molar-refractivity contribution in [2.45, 2.75) is 31.8 Å². The number of halogens is 5. The molecule has 0 heterocycles. The number of aliphatic imine (C=N–C) groups is 1. The molecule has 1 aromatic rings. The molecule has 1 aromatic carbocycles. The number of alkyl halides is 3. The van der Waals surface area contributed by atoms with Crippen molar-refractivity contribution in [3.63, 3.8) is 0 Å². The van der Waals surface area contributed by atoms with E-state index in [0.29, 0.717) is 17.7 Å². The third-order valence-electron chi connectivity index (χ3n) is 3.04. The molecule has 11 heteroatoms. The first-order valence-corrected chi connectivity index (χ1v) is 9.60. The van der Waals surface area contributed by atoms with Gasteiger partial charge >= 0.3 is 6.18 Å². The summed E-state index contributed by atoms with van der Waals surface area (Å²) in [5, 5.41) is 5.32. The molecule has 0 spiro atoms. The van der Waals surface area contributed by atoms with Crippen LogP contribution in [0.1, 0.15) is 24.5 Å². The van der Waals surface area contributed by atoms with Gasteiger partial charge in [-0.25, -0.2) is 17.8 Å². The van der Waals surface area contributed by atoms with Gasteiger partial charge in [-0.2, -0.15) is 13.2 Å². The van der Waals surface area contributed by atoms with Crippen LogP contribution in [-0.4, -0.2) is 39.9 Å². The van der Waals surface area contributed by atoms with Crippen LogP contribution in [0.2, 0.25) is 0 Å². The van der Waals surface area contributed by atoms with Gasteiger partial charge in [0.15, 0.2) is 15.8 Å². The molecular formula is C15H22F4IN3O2S. The van der Waals surface area contributed by atoms with E-state index in [1.165, 1.54) is 12.1 Å². The standard InChI is InChI=1S/C15H21F4N3O2S.HI/c1-3-20-14(21-7-6-15(17,18)19)22-9-12-8-13(16)5-4-11(12)10-25(2,23)24;/h4-5,8H,3,6-7,9-10H2,1-2H3,(H2,20,21,22);1H. The number of sulfone groups is 1. The zero-order chi connectivity index (χ0) is 19.1. The highest BCUT2D eigenvalue weighted by atomic mass is 127. The maximum Gasteiger partial charge on any atom is 0.390 e. The summed E-state index contributed by atoms with van der Waals surface area (Å²) in [4.78, 5) is 4.10. The Labute approximate surface area is 167 Å². The van der Waals surface area contributed by atoms with Crippen LogP contribution in [0, 0.1) is 5.82 Å². The summed E-state index contributed by atoms with van der Waals surface area (Å²) < 4.78 is 72.9. The number of nitrogens with zero attached hydrogens (tertiary/aromatic N) is 1. The molecule has 1 rings (SSSR count). The lowest BCUT2D eigenvalue weighted by atomic mass is 10.1. The second-order valence-electron chi connectivity index (χ2n) is 5.47. The van der Waals surface area contributed by atoms with Crippen LogP contribution < -0.4 is 10.6 Å². The van der Waals surface area contributed by atoms with Crippen molar-refractivity contribution in [1.29, 1.82) is 0 Å². The minimum Gasteiger partial charge on any atom is -0.357 e. The average Bonchev–Trinajstić information content (AvgIpc) is 2.44. The fourth-order valence-electron chi connectivity index (χ4n) is 1.99. The van der Waals surface area contributed by atoms with E-state index in [9.17, 15) is 26.0 Å². The van der Waals surface area contributed by atoms with Crippen LogP contribution >= 0.6 is 24.0 Å². The Bertz CT molecular complexity index is 709. The molecule has 150 valence electrons. The fraction of sp³-hybridized carbons (Fsp3) is 0.533. The molecule has 5 nitrogen and oxygen atoms in total. The van der Waals surface area contributed by atoms with Gasteiger partial charge in [0.05, 0.1) is 18.7 Å². The van der Waals surface area contributed by atoms with Gasteiger partial charge in [0.2, 0.25) is 0 Å². The number of guanidine groups is 1. The van der Waals surface area contributed by atoms with E-state index < -0.39 is 28.3 Å². The fourth-order valence-corrected chi connectivity index (χ4v) is 2.84. The molecule has 26 heavy (non-hydrogen) atoms. The van der Waals surface area contributed by atoms with Gasteiger partial charge < -0.3 is 10.6 Å². The van der Waals surface area contributed by atoms with Crippen molar-refractivity contribution in [2.75, 3.05) is 19.3 Å². The molecule has 0 unspecified atom stereocenters. The van der Waals surface area contributed by atoms with Crippen LogP contribution in [0.15, 0.2) is 23.2 Å². The number of hydrogen-bond acceptors (Lipinski definition) is 3. The predicted octanol–water partition coefficient (Wildman–Crippen LogP) is 3.00. The smallest absolute Gasteiger partial charge is 0.357 e. The third-order valence-corrected chi connectivity index (χ3v) is 3.87. The quantitative estimate of drug-likeness (QED) is 0.256. The largest absolute Gasteiger partial charge is 0.390 e. The lowest BCUT2D eigenvalue weighted by molar-refractivity contribution is -0.132. The Kier molecular flexibility index (Phi) is 10.4. The average molecular weight is 511 g/mol. The molecule has 0 saturated carbocycles. The van der Waals surface area contributed by atoms with Crippen LogP contribution in [0.5, 0.6) is 0 Å². The van der Waals surface area contributed by atoms with E-state index in [2.05, 4.69) is 15.6 Å². The maximum atomic E-state index is 13.4. The normalized spacial score (nSPS) is 12.5. The molecule has 0 bridgehead atoms. The second kappa shape index (κ2) is 10.9. The van der Waals surface area contributed by atoms with Crippen molar-refractivity contribution in [2.24, 2.45) is 4.99 Å². The van der Waals surface area contributed by atoms with E-state index in [0.717, 1.165) is 12.3 Å². The highest BCUT2D eigenvalue weighted by Crippen LogP contribution is 2.18. The molecule has 0 aliphatic rings. The van der Waals surface area contributed by atoms with Gasteiger partial charge in [0, 0.05) is 19.3 Å². The van der Waals surface area contributed by atoms with E-state index in [1.807, 2.05) is 0 Å². The van der Waals surface area contributed by atoms with Crippen molar-refractivity contribution >= 4 is 39.8 Å². The summed E-state index contributed by atoms with van der Waals surface area (Å²) in [7, 11) is -3.32. The van der Waals surface area contributed by atoms with Crippen molar-refractivity contribution in [1.82, 2.24) is 10.6 Å². The van der Waals surface area contributed by atoms with E-state index in [-0.39, 0.29) is 48.8 Å². The molecule has 0 aliphatic carbocycles. The summed E-state index contributed by atoms with van der Waals surface area (Å²) in [6.45, 7) is 1.76. The molecule has 0 aromatic heterocycles. The Morgan fingerprint density at radius 1 is 1.19 bits per heavy atom. The predicted molar refractivity (Wildman–Crippen MR) is 104 cm³/mol. The monoisotopic (exact) mass is 511 g/mol. The summed E-state index contributed by atoms with van der Waals surface area (Å²) in [5.74, 6) is -0.672. The van der Waals surface area contributed by atoms with Crippen LogP contribution in [0.25, 0.3) is 0 Å². The zero-order valence-electron chi connectivity index (χ0n) is 14.4. The summed E-state index contributed by atoms with van der Waals surface area (Å²) >= 11 is 0. The maximum absolute atomic E-state index is 13.4. The van der Waals surface area contributed by atoms with Gasteiger partial charge in [0.25, 0.3) is 0 Å². The second-order valence-corrected chi connectivity index (χ2v) is 7.61. The Balaban J connectivity index is 0.00000625. The molecule has 2 N–H and O–H groups in total. The first kappa shape index (κ1) is 24.9. The summed E-state index contributed by atoms with van der Waals surface area (Å²) in [5.41, 5.74) is 0.761. The lowest BCUT2D eigenvalue weighted by Crippen LogP contribution is -2.38. The van der Waals surface area contributed by atoms with Crippen LogP contribution in [0.4, 0.5) is 17.6 Å². The summed E-state index contributed by atoms with van der Waals surface area (Å²) in [6.07, 6.45) is -4.24.